The quantitative estimate of drug-likeness (QED) is 0.776. The molecule has 0 amide bonds. The van der Waals surface area contributed by atoms with Crippen LogP contribution in [-0.4, -0.2) is 26.3 Å². The second kappa shape index (κ2) is 5.19. The van der Waals surface area contributed by atoms with Gasteiger partial charge in [-0.25, -0.2) is 0 Å². The summed E-state index contributed by atoms with van der Waals surface area (Å²) in [5.74, 6) is 0. The lowest BCUT2D eigenvalue weighted by molar-refractivity contribution is 0.122. The van der Waals surface area contributed by atoms with Crippen LogP contribution in [-0.2, 0) is 10.1 Å². The minimum atomic E-state index is 0.793. The Morgan fingerprint density at radius 2 is 2.07 bits per heavy atom. The minimum absolute atomic E-state index is 0.793. The van der Waals surface area contributed by atoms with Gasteiger partial charge in [-0.2, -0.15) is 0 Å². The Morgan fingerprint density at radius 3 is 2.73 bits per heavy atom. The number of nitrogens with zero attached hydrogens (tertiary/aromatic N) is 1. The smallest absolute Gasteiger partial charge is 0.0642 e. The molecular formula is C11H13BrClNO. The molecule has 0 spiro atoms. The van der Waals surface area contributed by atoms with Crippen molar-refractivity contribution < 1.29 is 4.74 Å². The van der Waals surface area contributed by atoms with E-state index in [9.17, 15) is 0 Å². The van der Waals surface area contributed by atoms with Gasteiger partial charge >= 0.3 is 0 Å². The van der Waals surface area contributed by atoms with Gasteiger partial charge in [0, 0.05) is 29.1 Å². The highest BCUT2D eigenvalue weighted by atomic mass is 79.9. The largest absolute Gasteiger partial charge is 0.378 e. The molecule has 0 unspecified atom stereocenters. The summed E-state index contributed by atoms with van der Waals surface area (Å²) in [7, 11) is 0. The molecule has 1 aromatic carbocycles. The first-order chi connectivity index (χ1) is 7.31. The Kier molecular flexibility index (Phi) is 3.89. The summed E-state index contributed by atoms with van der Waals surface area (Å²) >= 11 is 9.46. The highest BCUT2D eigenvalue weighted by Gasteiger charge is 2.14. The van der Waals surface area contributed by atoms with Gasteiger partial charge < -0.3 is 9.64 Å². The summed E-state index contributed by atoms with van der Waals surface area (Å²) in [6.07, 6.45) is 0. The molecule has 0 saturated carbocycles. The van der Waals surface area contributed by atoms with Gasteiger partial charge in [0.25, 0.3) is 0 Å². The fraction of sp³-hybridized carbons (Fsp3) is 0.455. The molecule has 0 bridgehead atoms. The Bertz CT molecular complexity index is 339. The number of anilines is 1. The molecule has 1 aliphatic heterocycles. The highest BCUT2D eigenvalue weighted by Crippen LogP contribution is 2.26. The molecule has 15 heavy (non-hydrogen) atoms. The second-order valence-electron chi connectivity index (χ2n) is 3.51. The zero-order chi connectivity index (χ0) is 10.7. The molecule has 2 nitrogen and oxygen atoms in total. The zero-order valence-electron chi connectivity index (χ0n) is 8.38. The van der Waals surface area contributed by atoms with E-state index >= 15 is 0 Å². The molecule has 0 radical (unpaired) electrons. The van der Waals surface area contributed by atoms with Crippen LogP contribution in [0, 0.1) is 0 Å². The van der Waals surface area contributed by atoms with E-state index in [4.69, 9.17) is 16.3 Å². The third-order valence-corrected chi connectivity index (χ3v) is 3.38. The highest BCUT2D eigenvalue weighted by molar-refractivity contribution is 9.08. The van der Waals surface area contributed by atoms with Crippen LogP contribution >= 0.6 is 27.5 Å². The van der Waals surface area contributed by atoms with Gasteiger partial charge in [-0.1, -0.05) is 27.5 Å². The van der Waals surface area contributed by atoms with Crippen LogP contribution in [0.5, 0.6) is 0 Å². The first-order valence-electron chi connectivity index (χ1n) is 4.98. The van der Waals surface area contributed by atoms with Crippen molar-refractivity contribution in [3.63, 3.8) is 0 Å². The molecule has 1 aromatic rings. The molecule has 1 fully saturated rings. The molecule has 1 saturated heterocycles. The number of hydrogen-bond acceptors (Lipinski definition) is 2. The van der Waals surface area contributed by atoms with Crippen LogP contribution in [0.2, 0.25) is 5.02 Å². The third kappa shape index (κ3) is 2.65. The summed E-state index contributed by atoms with van der Waals surface area (Å²) in [6.45, 7) is 3.54. The van der Waals surface area contributed by atoms with Crippen LogP contribution in [0.25, 0.3) is 0 Å². The molecule has 0 N–H and O–H groups in total. The average Bonchev–Trinajstić information content (AvgIpc) is 2.30. The van der Waals surface area contributed by atoms with Crippen LogP contribution in [0.4, 0.5) is 5.69 Å². The van der Waals surface area contributed by atoms with Crippen molar-refractivity contribution in [2.45, 2.75) is 5.33 Å². The van der Waals surface area contributed by atoms with Crippen molar-refractivity contribution in [2.24, 2.45) is 0 Å². The Balaban J connectivity index is 2.25. The van der Waals surface area contributed by atoms with E-state index in [1.165, 1.54) is 11.3 Å². The van der Waals surface area contributed by atoms with Crippen molar-refractivity contribution in [3.05, 3.63) is 28.8 Å². The Hall–Kier alpha value is -0.250. The SMILES string of the molecule is Clc1ccc(N2CCOCC2)c(CBr)c1. The molecule has 0 aliphatic carbocycles. The molecular weight excluding hydrogens is 277 g/mol. The third-order valence-electron chi connectivity index (χ3n) is 2.54. The topological polar surface area (TPSA) is 12.5 Å². The van der Waals surface area contributed by atoms with Gasteiger partial charge in [0.05, 0.1) is 13.2 Å². The monoisotopic (exact) mass is 289 g/mol. The lowest BCUT2D eigenvalue weighted by atomic mass is 10.1. The van der Waals surface area contributed by atoms with E-state index < -0.39 is 0 Å². The number of hydrogen-bond donors (Lipinski definition) is 0. The van der Waals surface area contributed by atoms with Crippen LogP contribution in [0.15, 0.2) is 18.2 Å². The fourth-order valence-corrected chi connectivity index (χ4v) is 2.42. The first kappa shape index (κ1) is 11.2. The van der Waals surface area contributed by atoms with Gasteiger partial charge in [0.1, 0.15) is 0 Å². The number of morpholine rings is 1. The van der Waals surface area contributed by atoms with E-state index in [0.717, 1.165) is 36.7 Å². The average molecular weight is 291 g/mol. The summed E-state index contributed by atoms with van der Waals surface area (Å²) in [5.41, 5.74) is 2.50. The van der Waals surface area contributed by atoms with Gasteiger partial charge in [-0.3, -0.25) is 0 Å². The van der Waals surface area contributed by atoms with Crippen LogP contribution < -0.4 is 4.90 Å². The lowest BCUT2D eigenvalue weighted by Gasteiger charge is -2.30. The predicted octanol–water partition coefficient (Wildman–Crippen LogP) is 3.07. The standard InChI is InChI=1S/C11H13BrClNO/c12-8-9-7-10(13)1-2-11(9)14-3-5-15-6-4-14/h1-2,7H,3-6,8H2. The van der Waals surface area contributed by atoms with E-state index in [0.29, 0.717) is 0 Å². The van der Waals surface area contributed by atoms with Crippen molar-refractivity contribution in [1.82, 2.24) is 0 Å². The normalized spacial score (nSPS) is 16.8. The summed E-state index contributed by atoms with van der Waals surface area (Å²) in [6, 6.07) is 6.05. The van der Waals surface area contributed by atoms with Gasteiger partial charge in [-0.05, 0) is 23.8 Å². The number of ether oxygens (including phenoxy) is 1. The maximum absolute atomic E-state index is 5.97. The number of rotatable bonds is 2. The summed E-state index contributed by atoms with van der Waals surface area (Å²) < 4.78 is 5.34. The summed E-state index contributed by atoms with van der Waals surface area (Å²) in [4.78, 5) is 2.34. The Labute approximate surface area is 103 Å². The molecule has 0 aromatic heterocycles. The van der Waals surface area contributed by atoms with Gasteiger partial charge in [0.15, 0.2) is 0 Å². The Morgan fingerprint density at radius 1 is 1.33 bits per heavy atom. The number of alkyl halides is 1. The maximum Gasteiger partial charge on any atom is 0.0642 e. The molecule has 2 rings (SSSR count). The van der Waals surface area contributed by atoms with E-state index in [2.05, 4.69) is 26.9 Å². The minimum Gasteiger partial charge on any atom is -0.378 e. The zero-order valence-corrected chi connectivity index (χ0v) is 10.7. The maximum atomic E-state index is 5.97. The molecule has 82 valence electrons. The van der Waals surface area contributed by atoms with Crippen molar-refractivity contribution in [1.29, 1.82) is 0 Å². The number of halogens is 2. The van der Waals surface area contributed by atoms with E-state index in [1.54, 1.807) is 0 Å². The van der Waals surface area contributed by atoms with Crippen LogP contribution in [0.1, 0.15) is 5.56 Å². The molecule has 1 heterocycles. The lowest BCUT2D eigenvalue weighted by Crippen LogP contribution is -2.36. The predicted molar refractivity (Wildman–Crippen MR) is 67.1 cm³/mol. The van der Waals surface area contributed by atoms with Gasteiger partial charge in [-0.15, -0.1) is 0 Å². The van der Waals surface area contributed by atoms with Gasteiger partial charge in [0.2, 0.25) is 0 Å². The summed E-state index contributed by atoms with van der Waals surface area (Å²) in [5, 5.41) is 1.63. The van der Waals surface area contributed by atoms with Crippen molar-refractivity contribution in [3.8, 4) is 0 Å². The molecule has 0 atom stereocenters. The molecule has 4 heteroatoms. The first-order valence-corrected chi connectivity index (χ1v) is 6.48. The van der Waals surface area contributed by atoms with Crippen LogP contribution in [0.3, 0.4) is 0 Å². The van der Waals surface area contributed by atoms with Crippen molar-refractivity contribution >= 4 is 33.2 Å². The van der Waals surface area contributed by atoms with Crippen molar-refractivity contribution in [2.75, 3.05) is 31.2 Å². The van der Waals surface area contributed by atoms with E-state index in [-0.39, 0.29) is 0 Å². The van der Waals surface area contributed by atoms with E-state index in [1.807, 2.05) is 12.1 Å². The number of benzene rings is 1. The molecule has 1 aliphatic rings. The fourth-order valence-electron chi connectivity index (χ4n) is 1.77. The second-order valence-corrected chi connectivity index (χ2v) is 4.50.